The van der Waals surface area contributed by atoms with Gasteiger partial charge in [0.15, 0.2) is 11.5 Å². The summed E-state index contributed by atoms with van der Waals surface area (Å²) in [7, 11) is 0. The lowest BCUT2D eigenvalue weighted by Crippen LogP contribution is -2.44. The summed E-state index contributed by atoms with van der Waals surface area (Å²) in [6.45, 7) is 0.967. The minimum absolute atomic E-state index is 0.231. The minimum atomic E-state index is 0.231. The van der Waals surface area contributed by atoms with Crippen molar-refractivity contribution in [3.63, 3.8) is 0 Å². The van der Waals surface area contributed by atoms with Crippen LogP contribution in [0, 0.1) is 0 Å². The SMILES string of the molecule is O=C1C(Cc2ccccc2)=C2CCCC3c4cc5c(cc4CN1C23)OCO5. The fourth-order valence-electron chi connectivity index (χ4n) is 5.38. The van der Waals surface area contributed by atoms with Crippen molar-refractivity contribution in [2.45, 2.75) is 44.2 Å². The molecule has 2 aromatic carbocycles. The van der Waals surface area contributed by atoms with Crippen molar-refractivity contribution in [2.75, 3.05) is 6.79 Å². The van der Waals surface area contributed by atoms with Gasteiger partial charge in [-0.1, -0.05) is 30.3 Å². The van der Waals surface area contributed by atoms with Crippen molar-refractivity contribution in [1.82, 2.24) is 4.90 Å². The minimum Gasteiger partial charge on any atom is -0.454 e. The predicted molar refractivity (Wildman–Crippen MR) is 101 cm³/mol. The van der Waals surface area contributed by atoms with E-state index < -0.39 is 0 Å². The number of rotatable bonds is 2. The van der Waals surface area contributed by atoms with E-state index >= 15 is 0 Å². The van der Waals surface area contributed by atoms with E-state index in [-0.39, 0.29) is 11.9 Å². The summed E-state index contributed by atoms with van der Waals surface area (Å²) in [5.41, 5.74) is 6.20. The monoisotopic (exact) mass is 359 g/mol. The molecule has 6 rings (SSSR count). The highest BCUT2D eigenvalue weighted by Gasteiger charge is 2.48. The number of carbonyl (C=O) groups is 1. The summed E-state index contributed by atoms with van der Waals surface area (Å²) >= 11 is 0. The Labute approximate surface area is 158 Å². The van der Waals surface area contributed by atoms with Crippen molar-refractivity contribution in [3.05, 3.63) is 70.3 Å². The first-order valence-corrected chi connectivity index (χ1v) is 9.79. The van der Waals surface area contributed by atoms with E-state index in [0.717, 1.165) is 42.8 Å². The molecule has 4 nitrogen and oxygen atoms in total. The number of hydrogen-bond donors (Lipinski definition) is 0. The number of carbonyl (C=O) groups excluding carboxylic acids is 1. The molecular weight excluding hydrogens is 338 g/mol. The van der Waals surface area contributed by atoms with Crippen LogP contribution in [-0.4, -0.2) is 23.6 Å². The molecule has 2 unspecified atom stereocenters. The lowest BCUT2D eigenvalue weighted by atomic mass is 9.73. The van der Waals surface area contributed by atoms with Crippen molar-refractivity contribution in [3.8, 4) is 11.5 Å². The normalized spacial score (nSPS) is 24.9. The van der Waals surface area contributed by atoms with Gasteiger partial charge in [-0.3, -0.25) is 4.79 Å². The predicted octanol–water partition coefficient (Wildman–Crippen LogP) is 3.95. The van der Waals surface area contributed by atoms with Gasteiger partial charge in [0.2, 0.25) is 6.79 Å². The van der Waals surface area contributed by atoms with Crippen LogP contribution in [0.5, 0.6) is 11.5 Å². The average molecular weight is 359 g/mol. The Morgan fingerprint density at radius 1 is 1.07 bits per heavy atom. The van der Waals surface area contributed by atoms with Gasteiger partial charge in [0.05, 0.1) is 6.04 Å². The number of amides is 1. The van der Waals surface area contributed by atoms with Gasteiger partial charge in [-0.2, -0.15) is 0 Å². The van der Waals surface area contributed by atoms with Crippen LogP contribution in [0.2, 0.25) is 0 Å². The molecule has 0 radical (unpaired) electrons. The zero-order chi connectivity index (χ0) is 18.0. The molecule has 1 saturated carbocycles. The van der Waals surface area contributed by atoms with Crippen LogP contribution in [0.1, 0.15) is 41.9 Å². The molecule has 2 aromatic rings. The molecule has 1 amide bonds. The fraction of sp³-hybridized carbons (Fsp3) is 0.348. The van der Waals surface area contributed by atoms with Crippen LogP contribution in [0.15, 0.2) is 53.6 Å². The van der Waals surface area contributed by atoms with Crippen LogP contribution in [0.4, 0.5) is 0 Å². The van der Waals surface area contributed by atoms with Gasteiger partial charge in [-0.15, -0.1) is 0 Å². The molecule has 1 fully saturated rings. The number of benzene rings is 2. The fourth-order valence-corrected chi connectivity index (χ4v) is 5.38. The molecule has 3 heterocycles. The Balaban J connectivity index is 1.43. The van der Waals surface area contributed by atoms with E-state index in [1.165, 1.54) is 22.3 Å². The van der Waals surface area contributed by atoms with E-state index in [1.54, 1.807) is 0 Å². The molecule has 4 heteroatoms. The summed E-state index contributed by atoms with van der Waals surface area (Å²) in [5.74, 6) is 2.28. The molecule has 2 atom stereocenters. The van der Waals surface area contributed by atoms with Gasteiger partial charge in [0.25, 0.3) is 5.91 Å². The number of fused-ring (bicyclic) bond motifs is 3. The Morgan fingerprint density at radius 2 is 1.89 bits per heavy atom. The quantitative estimate of drug-likeness (QED) is 0.815. The van der Waals surface area contributed by atoms with Crippen LogP contribution < -0.4 is 9.47 Å². The van der Waals surface area contributed by atoms with Crippen molar-refractivity contribution in [2.24, 2.45) is 0 Å². The number of nitrogens with zero attached hydrogens (tertiary/aromatic N) is 1. The molecule has 3 aliphatic heterocycles. The Kier molecular flexibility index (Phi) is 3.19. The molecule has 136 valence electrons. The standard InChI is InChI=1S/C23H21NO3/c25-23-19(9-14-5-2-1-3-6-14)17-8-4-7-16-18-11-21-20(26-13-27-21)10-15(18)12-24(23)22(16)17/h1-3,5-6,10-11,16,22H,4,7-9,12-13H2. The second-order valence-corrected chi connectivity index (χ2v) is 7.95. The first-order chi connectivity index (χ1) is 13.3. The van der Waals surface area contributed by atoms with E-state index in [0.29, 0.717) is 19.3 Å². The molecule has 0 spiro atoms. The topological polar surface area (TPSA) is 38.8 Å². The third kappa shape index (κ3) is 2.19. The Bertz CT molecular complexity index is 979. The maximum Gasteiger partial charge on any atom is 0.250 e. The lowest BCUT2D eigenvalue weighted by molar-refractivity contribution is -0.128. The van der Waals surface area contributed by atoms with E-state index in [1.807, 2.05) is 18.2 Å². The third-order valence-corrected chi connectivity index (χ3v) is 6.54. The van der Waals surface area contributed by atoms with Crippen molar-refractivity contribution in [1.29, 1.82) is 0 Å². The molecule has 4 aliphatic rings. The molecule has 0 bridgehead atoms. The van der Waals surface area contributed by atoms with Gasteiger partial charge in [-0.25, -0.2) is 0 Å². The summed E-state index contributed by atoms with van der Waals surface area (Å²) in [5, 5.41) is 0. The highest BCUT2D eigenvalue weighted by atomic mass is 16.7. The molecule has 0 aromatic heterocycles. The van der Waals surface area contributed by atoms with Crippen molar-refractivity contribution < 1.29 is 14.3 Å². The Hall–Kier alpha value is -2.75. The second kappa shape index (κ2) is 5.62. The van der Waals surface area contributed by atoms with Crippen LogP contribution >= 0.6 is 0 Å². The number of ether oxygens (including phenoxy) is 2. The average Bonchev–Trinajstić information content (AvgIpc) is 3.26. The molecule has 1 aliphatic carbocycles. The highest BCUT2D eigenvalue weighted by molar-refractivity contribution is 5.98. The van der Waals surface area contributed by atoms with Gasteiger partial charge >= 0.3 is 0 Å². The first-order valence-electron chi connectivity index (χ1n) is 9.79. The molecule has 0 saturated heterocycles. The molecular formula is C23H21NO3. The lowest BCUT2D eigenvalue weighted by Gasteiger charge is -2.42. The van der Waals surface area contributed by atoms with E-state index in [2.05, 4.69) is 29.2 Å². The number of hydrogen-bond acceptors (Lipinski definition) is 3. The first kappa shape index (κ1) is 15.3. The maximum atomic E-state index is 13.3. The van der Waals surface area contributed by atoms with Gasteiger partial charge < -0.3 is 14.4 Å². The third-order valence-electron chi connectivity index (χ3n) is 6.54. The van der Waals surface area contributed by atoms with Crippen LogP contribution in [-0.2, 0) is 17.8 Å². The van der Waals surface area contributed by atoms with Gasteiger partial charge in [-0.05, 0) is 53.7 Å². The zero-order valence-corrected chi connectivity index (χ0v) is 15.1. The summed E-state index contributed by atoms with van der Waals surface area (Å²) in [6.07, 6.45) is 4.06. The summed E-state index contributed by atoms with van der Waals surface area (Å²) in [4.78, 5) is 15.5. The largest absolute Gasteiger partial charge is 0.454 e. The van der Waals surface area contributed by atoms with Gasteiger partial charge in [0.1, 0.15) is 0 Å². The van der Waals surface area contributed by atoms with E-state index in [9.17, 15) is 4.79 Å². The van der Waals surface area contributed by atoms with E-state index in [4.69, 9.17) is 9.47 Å². The highest BCUT2D eigenvalue weighted by Crippen LogP contribution is 2.51. The van der Waals surface area contributed by atoms with Crippen LogP contribution in [0.25, 0.3) is 0 Å². The summed E-state index contributed by atoms with van der Waals surface area (Å²) < 4.78 is 11.2. The summed E-state index contributed by atoms with van der Waals surface area (Å²) in [6, 6.07) is 14.9. The molecule has 0 N–H and O–H groups in total. The van der Waals surface area contributed by atoms with Crippen molar-refractivity contribution >= 4 is 5.91 Å². The second-order valence-electron chi connectivity index (χ2n) is 7.95. The molecule has 27 heavy (non-hydrogen) atoms. The maximum absolute atomic E-state index is 13.3. The zero-order valence-electron chi connectivity index (χ0n) is 15.1. The Morgan fingerprint density at radius 3 is 2.74 bits per heavy atom. The van der Waals surface area contributed by atoms with Crippen LogP contribution in [0.3, 0.4) is 0 Å². The smallest absolute Gasteiger partial charge is 0.250 e. The van der Waals surface area contributed by atoms with Gasteiger partial charge in [0, 0.05) is 24.5 Å².